The van der Waals surface area contributed by atoms with Crippen LogP contribution in [0.3, 0.4) is 0 Å². The van der Waals surface area contributed by atoms with Gasteiger partial charge in [0.05, 0.1) is 33.0 Å². The van der Waals surface area contributed by atoms with E-state index in [-0.39, 0.29) is 10.0 Å². The van der Waals surface area contributed by atoms with Crippen molar-refractivity contribution in [3.05, 3.63) is 72.8 Å². The molecule has 0 aliphatic rings. The molecule has 0 amide bonds. The number of rotatable bonds is 4. The summed E-state index contributed by atoms with van der Waals surface area (Å²) in [6.45, 7) is 0. The Morgan fingerprint density at radius 1 is 0.808 bits per heavy atom. The standard InChI is InChI=1S/C6H8AsNO3.C6H3N3O6/c8-6-4-2-1-3-5(6)7(9,10)11;10-7(11)4-1-5(8(12)13)3-6(2-4)9(14)15/h1-4H,8H2,(H2,9,10,11);1-3H. The first-order valence-corrected chi connectivity index (χ1v) is 9.80. The van der Waals surface area contributed by atoms with Crippen LogP contribution in [0.1, 0.15) is 0 Å². The Bertz CT molecular complexity index is 832. The van der Waals surface area contributed by atoms with Crippen LogP contribution in [0.15, 0.2) is 42.5 Å². The number of anilines is 1. The Labute approximate surface area is 147 Å². The van der Waals surface area contributed by atoms with E-state index in [4.69, 9.17) is 13.9 Å². The van der Waals surface area contributed by atoms with Gasteiger partial charge in [0.1, 0.15) is 0 Å². The quantitative estimate of drug-likeness (QED) is 0.260. The van der Waals surface area contributed by atoms with Gasteiger partial charge in [-0.25, -0.2) is 0 Å². The molecule has 2 aromatic rings. The van der Waals surface area contributed by atoms with Gasteiger partial charge < -0.3 is 0 Å². The summed E-state index contributed by atoms with van der Waals surface area (Å²) in [5.74, 6) is 0. The summed E-state index contributed by atoms with van der Waals surface area (Å²) in [5, 5.41) is 30.9. The Balaban J connectivity index is 0.000000273. The smallest absolute Gasteiger partial charge is 0.258 e. The Hall–Kier alpha value is -3.28. The number of hydrogen-bond acceptors (Lipinski definition) is 8. The maximum absolute atomic E-state index is 10.7. The molecular formula is C12H11AsN4O9. The van der Waals surface area contributed by atoms with E-state index in [0.717, 1.165) is 0 Å². The Kier molecular flexibility index (Phi) is 6.55. The molecule has 0 spiro atoms. The minimum atomic E-state index is -4.78. The number of nitro benzene ring substituents is 3. The molecule has 2 aromatic carbocycles. The number of nitrogen functional groups attached to an aromatic ring is 1. The zero-order valence-electron chi connectivity index (χ0n) is 12.7. The van der Waals surface area contributed by atoms with Gasteiger partial charge in [0.2, 0.25) is 0 Å². The molecular weight excluding hydrogens is 419 g/mol. The van der Waals surface area contributed by atoms with E-state index in [0.29, 0.717) is 18.2 Å². The summed E-state index contributed by atoms with van der Waals surface area (Å²) in [7, 11) is 0. The molecule has 0 radical (unpaired) electrons. The molecule has 0 saturated carbocycles. The van der Waals surface area contributed by atoms with Gasteiger partial charge in [-0.1, -0.05) is 0 Å². The van der Waals surface area contributed by atoms with Crippen LogP contribution in [0.4, 0.5) is 22.7 Å². The van der Waals surface area contributed by atoms with Gasteiger partial charge in [-0.3, -0.25) is 30.3 Å². The first kappa shape index (κ1) is 20.8. The second kappa shape index (κ2) is 8.20. The molecule has 0 aliphatic carbocycles. The zero-order valence-corrected chi connectivity index (χ0v) is 14.5. The number of benzene rings is 2. The third kappa shape index (κ3) is 5.66. The first-order chi connectivity index (χ1) is 11.9. The van der Waals surface area contributed by atoms with Crippen LogP contribution in [0.5, 0.6) is 0 Å². The molecule has 0 heterocycles. The summed E-state index contributed by atoms with van der Waals surface area (Å²) < 4.78 is 28.2. The molecule has 0 atom stereocenters. The van der Waals surface area contributed by atoms with Crippen molar-refractivity contribution < 1.29 is 26.7 Å². The minimum Gasteiger partial charge on any atom is -0.258 e. The van der Waals surface area contributed by atoms with Crippen molar-refractivity contribution in [1.82, 2.24) is 0 Å². The fraction of sp³-hybridized carbons (Fsp3) is 0. The zero-order chi connectivity index (χ0) is 20.1. The third-order valence-corrected chi connectivity index (χ3v) is 4.94. The number of nitrogens with two attached hydrogens (primary N) is 1. The molecule has 138 valence electrons. The van der Waals surface area contributed by atoms with Gasteiger partial charge >= 0.3 is 66.1 Å². The molecule has 0 bridgehead atoms. The largest absolute Gasteiger partial charge is 0.283 e. The minimum absolute atomic E-state index is 0.0503. The van der Waals surface area contributed by atoms with E-state index in [1.807, 2.05) is 0 Å². The van der Waals surface area contributed by atoms with E-state index in [9.17, 15) is 34.1 Å². The second-order valence-electron chi connectivity index (χ2n) is 4.58. The monoisotopic (exact) mass is 430 g/mol. The predicted molar refractivity (Wildman–Crippen MR) is 87.8 cm³/mol. The average Bonchev–Trinajstić information content (AvgIpc) is 2.54. The molecule has 13 nitrogen and oxygen atoms in total. The van der Waals surface area contributed by atoms with Crippen molar-refractivity contribution in [2.45, 2.75) is 0 Å². The van der Waals surface area contributed by atoms with Crippen molar-refractivity contribution in [1.29, 1.82) is 0 Å². The molecule has 0 unspecified atom stereocenters. The van der Waals surface area contributed by atoms with Crippen LogP contribution in [-0.2, 0) is 3.74 Å². The molecule has 0 aromatic heterocycles. The summed E-state index contributed by atoms with van der Waals surface area (Å²) in [4.78, 5) is 28.1. The number of hydrogen-bond donors (Lipinski definition) is 3. The summed E-state index contributed by atoms with van der Waals surface area (Å²) >= 11 is -4.78. The van der Waals surface area contributed by atoms with Crippen LogP contribution in [0.2, 0.25) is 0 Å². The van der Waals surface area contributed by atoms with Crippen molar-refractivity contribution in [2.75, 3.05) is 5.73 Å². The van der Waals surface area contributed by atoms with Crippen molar-refractivity contribution in [3.8, 4) is 0 Å². The second-order valence-corrected chi connectivity index (χ2v) is 7.88. The number of non-ortho nitro benzene ring substituents is 3. The van der Waals surface area contributed by atoms with Gasteiger partial charge in [0.15, 0.2) is 0 Å². The Morgan fingerprint density at radius 2 is 1.15 bits per heavy atom. The molecule has 2 rings (SSSR count). The van der Waals surface area contributed by atoms with E-state index in [1.165, 1.54) is 12.1 Å². The maximum Gasteiger partial charge on any atom is 0.283 e. The van der Waals surface area contributed by atoms with E-state index in [2.05, 4.69) is 0 Å². The van der Waals surface area contributed by atoms with Crippen LogP contribution in [-0.4, -0.2) is 37.1 Å². The van der Waals surface area contributed by atoms with Gasteiger partial charge in [-0.15, -0.1) is 0 Å². The Morgan fingerprint density at radius 3 is 1.38 bits per heavy atom. The van der Waals surface area contributed by atoms with E-state index >= 15 is 0 Å². The molecule has 0 fully saturated rings. The van der Waals surface area contributed by atoms with Gasteiger partial charge in [0, 0.05) is 0 Å². The van der Waals surface area contributed by atoms with E-state index in [1.54, 1.807) is 12.1 Å². The fourth-order valence-electron chi connectivity index (χ4n) is 1.65. The van der Waals surface area contributed by atoms with Gasteiger partial charge in [-0.2, -0.15) is 0 Å². The van der Waals surface area contributed by atoms with Crippen LogP contribution < -0.4 is 10.1 Å². The average molecular weight is 430 g/mol. The molecule has 4 N–H and O–H groups in total. The SMILES string of the molecule is Nc1ccccc1[As](=O)(O)O.O=[N+]([O-])c1cc([N+](=O)[O-])cc([N+](=O)[O-])c1. The predicted octanol–water partition coefficient (Wildman–Crippen LogP) is 0.241. The van der Waals surface area contributed by atoms with Crippen LogP contribution in [0.25, 0.3) is 0 Å². The maximum atomic E-state index is 10.7. The topological polar surface area (TPSA) is 213 Å². The normalized spacial score (nSPS) is 10.4. The van der Waals surface area contributed by atoms with Gasteiger partial charge in [0.25, 0.3) is 17.1 Å². The van der Waals surface area contributed by atoms with Crippen LogP contribution >= 0.6 is 0 Å². The van der Waals surface area contributed by atoms with Crippen molar-refractivity contribution >= 4 is 41.3 Å². The molecule has 0 saturated heterocycles. The molecule has 26 heavy (non-hydrogen) atoms. The van der Waals surface area contributed by atoms with Crippen molar-refractivity contribution in [3.63, 3.8) is 0 Å². The van der Waals surface area contributed by atoms with E-state index < -0.39 is 46.0 Å². The first-order valence-electron chi connectivity index (χ1n) is 6.42. The third-order valence-electron chi connectivity index (χ3n) is 2.77. The summed E-state index contributed by atoms with van der Waals surface area (Å²) in [6, 6.07) is 7.97. The number of nitrogens with zero attached hydrogens (tertiary/aromatic N) is 3. The van der Waals surface area contributed by atoms with Gasteiger partial charge in [-0.05, 0) is 0 Å². The number of para-hydroxylation sites is 1. The van der Waals surface area contributed by atoms with Crippen molar-refractivity contribution in [2.24, 2.45) is 0 Å². The summed E-state index contributed by atoms with van der Waals surface area (Å²) in [6.07, 6.45) is 0. The number of nitro groups is 3. The molecule has 14 heteroatoms. The summed E-state index contributed by atoms with van der Waals surface area (Å²) in [5.41, 5.74) is 3.43. The fourth-order valence-corrected chi connectivity index (χ4v) is 3.10. The molecule has 0 aliphatic heterocycles. The van der Waals surface area contributed by atoms with Crippen LogP contribution in [0, 0.1) is 30.3 Å².